The van der Waals surface area contributed by atoms with Crippen LogP contribution in [0.4, 0.5) is 5.69 Å². The minimum Gasteiger partial charge on any atom is -0.481 e. The predicted molar refractivity (Wildman–Crippen MR) is 420 cm³/mol. The topological polar surface area (TPSA) is 756 Å². The number of primary amides is 2. The molecule has 0 aliphatic rings. The van der Waals surface area contributed by atoms with Gasteiger partial charge in [-0.1, -0.05) is 89.6 Å². The van der Waals surface area contributed by atoms with E-state index in [0.29, 0.717) is 28.8 Å². The van der Waals surface area contributed by atoms with E-state index in [0.717, 1.165) is 59.3 Å². The number of anilines is 1. The molecule has 660 valence electrons. The Balaban J connectivity index is 1.72. The number of amides is 15. The number of carbonyl (C=O) groups is 21. The Morgan fingerprint density at radius 1 is 0.400 bits per heavy atom. The summed E-state index contributed by atoms with van der Waals surface area (Å²) in [5, 5.41) is 88.0. The lowest BCUT2D eigenvalue weighted by Crippen LogP contribution is -2.61. The maximum Gasteiger partial charge on any atom is 0.326 e. The van der Waals surface area contributed by atoms with Crippen molar-refractivity contribution in [3.63, 3.8) is 0 Å². The third kappa shape index (κ3) is 36.9. The molecule has 0 saturated carbocycles. The summed E-state index contributed by atoms with van der Waals surface area (Å²) in [4.78, 5) is 278. The lowest BCUT2D eigenvalue weighted by Gasteiger charge is -2.27. The van der Waals surface area contributed by atoms with Crippen molar-refractivity contribution in [2.45, 2.75) is 223 Å². The highest BCUT2D eigenvalue weighted by atomic mass is 16.4. The SMILES string of the molecule is CC(C)CCCCCCCCC(=O)N[C@@H](Cc1c[nH]c2ccccc12)C(=O)N[C@H](CC(N)=O)C(=O)N[C@@H](CC(=O)O)C(=O)N[C@H](C(=O)NCC(=O)N[C@@H](CCCN)C(=O)N[C@@H](CC(=O)O)C(=O)N[C@H](C)C(=O)N[C@@H](CC(=O)O)C(=O)NCC(=O)N[C@H](CC(N)=O)C(=O)N[C@H](C(=O)N[C@@H](CC(=O)c1ccccc1N)C(=O)O)C(C)CC(=O)O)[C@@H](C)O. The summed E-state index contributed by atoms with van der Waals surface area (Å²) < 4.78 is 0. The van der Waals surface area contributed by atoms with Crippen LogP contribution in [0.25, 0.3) is 10.9 Å². The van der Waals surface area contributed by atoms with Crippen LogP contribution < -0.4 is 92.1 Å². The molecule has 45 heteroatoms. The Morgan fingerprint density at radius 3 is 1.36 bits per heavy atom. The third-order valence-electron chi connectivity index (χ3n) is 18.2. The van der Waals surface area contributed by atoms with Gasteiger partial charge in [-0.15, -0.1) is 0 Å². The molecule has 1 aromatic heterocycles. The molecule has 0 aliphatic carbocycles. The van der Waals surface area contributed by atoms with Crippen LogP contribution >= 0.6 is 0 Å². The second kappa shape index (κ2) is 51.1. The number of hydrogen-bond acceptors (Lipinski definition) is 24. The van der Waals surface area contributed by atoms with E-state index >= 15 is 0 Å². The van der Waals surface area contributed by atoms with Gasteiger partial charge >= 0.3 is 29.8 Å². The van der Waals surface area contributed by atoms with Gasteiger partial charge in [-0.05, 0) is 75.3 Å². The first-order valence-electron chi connectivity index (χ1n) is 38.3. The number of ketones is 1. The standard InChI is InChI=1S/C75H108N18O27/c1-36(2)17-10-8-6-7-9-11-23-56(98)85-46(26-40-33-80-44-21-15-13-18-41(40)44)69(113)88-48(29-55(79)97)70(114)90-51(32-62(107)108)72(116)93-64(39(5)94)73(117)82-35-57(99)84-45(22-16-24-76)67(111)89-50(31-61(105)106)68(112)83-38(4)65(109)87-49(30-60(103)104)66(110)81-34-58(100)86-47(28-54(78)96)71(115)92-63(37(3)25-59(101)102)74(118)91-52(75(119)120)27-53(95)42-19-12-14-20-43(42)77/h12-15,18-21,33,36-39,45-52,63-64,80,94H,6-11,16-17,22-32,34-35,76-77H2,1-5H3,(H2,78,96)(H2,79,97)(H,81,110)(H,82,117)(H,83,112)(H,84,99)(H,85,98)(H,86,100)(H,87,109)(H,88,113)(H,89,111)(H,90,114)(H,91,118)(H,92,115)(H,93,116)(H,101,102)(H,103,104)(H,105,106)(H,107,108)(H,119,120)/t37?,38-,39-,45+,46+,47-,48-,49+,50+,51+,52+,63+,64+/m1/s1. The summed E-state index contributed by atoms with van der Waals surface area (Å²) in [5.41, 5.74) is 23.4. The molecule has 45 nitrogen and oxygen atoms in total. The number of Topliss-reactive ketones (excluding diaryl/α,β-unsaturated/α-hetero) is 1. The fraction of sp³-hybridized carbons (Fsp3) is 0.533. The van der Waals surface area contributed by atoms with Crippen LogP contribution in [0.3, 0.4) is 0 Å². The van der Waals surface area contributed by atoms with Gasteiger partial charge in [0.15, 0.2) is 5.78 Å². The number of carboxylic acid groups (broad SMARTS) is 5. The number of nitrogens with one attached hydrogen (secondary N) is 14. The van der Waals surface area contributed by atoms with E-state index in [1.165, 1.54) is 24.3 Å². The van der Waals surface area contributed by atoms with Crippen molar-refractivity contribution in [3.05, 3.63) is 65.9 Å². The molecule has 13 atom stereocenters. The Kier molecular flexibility index (Phi) is 43.0. The zero-order valence-electron chi connectivity index (χ0n) is 66.7. The molecule has 0 saturated heterocycles. The molecule has 3 rings (SSSR count). The van der Waals surface area contributed by atoms with Crippen LogP contribution in [-0.4, -0.2) is 252 Å². The molecule has 0 bridgehead atoms. The zero-order valence-corrected chi connectivity index (χ0v) is 66.7. The van der Waals surface area contributed by atoms with E-state index in [9.17, 15) is 131 Å². The number of H-pyrrole nitrogens is 1. The summed E-state index contributed by atoms with van der Waals surface area (Å²) >= 11 is 0. The highest BCUT2D eigenvalue weighted by Crippen LogP contribution is 2.21. The van der Waals surface area contributed by atoms with Crippen molar-refractivity contribution in [3.8, 4) is 0 Å². The number of aromatic nitrogens is 1. The number of benzene rings is 2. The van der Waals surface area contributed by atoms with E-state index in [1.807, 2.05) is 21.3 Å². The zero-order chi connectivity index (χ0) is 90.2. The smallest absolute Gasteiger partial charge is 0.326 e. The second-order valence-electron chi connectivity index (χ2n) is 28.9. The number of hydrogen-bond donors (Lipinski definition) is 24. The number of fused-ring (bicyclic) bond motifs is 1. The van der Waals surface area contributed by atoms with Gasteiger partial charge in [0.25, 0.3) is 0 Å². The number of unbranched alkanes of at least 4 members (excludes halogenated alkanes) is 5. The van der Waals surface area contributed by atoms with Crippen LogP contribution in [-0.2, 0) is 102 Å². The first-order chi connectivity index (χ1) is 56.4. The quantitative estimate of drug-likeness (QED) is 0.0142. The second-order valence-corrected chi connectivity index (χ2v) is 28.9. The van der Waals surface area contributed by atoms with Crippen molar-refractivity contribution < 1.29 is 131 Å². The van der Waals surface area contributed by atoms with E-state index < -0.39 is 261 Å². The monoisotopic (exact) mass is 1690 g/mol. The fourth-order valence-electron chi connectivity index (χ4n) is 11.9. The molecule has 28 N–H and O–H groups in total. The Morgan fingerprint density at radius 2 is 0.833 bits per heavy atom. The number of carboxylic acids is 5. The number of nitrogen functional groups attached to an aromatic ring is 1. The van der Waals surface area contributed by atoms with Crippen molar-refractivity contribution in [2.75, 3.05) is 25.4 Å². The van der Waals surface area contributed by atoms with Crippen molar-refractivity contribution in [1.29, 1.82) is 0 Å². The molecule has 0 fully saturated rings. The summed E-state index contributed by atoms with van der Waals surface area (Å²) in [6, 6.07) is -8.65. The van der Waals surface area contributed by atoms with Crippen LogP contribution in [0, 0.1) is 11.8 Å². The summed E-state index contributed by atoms with van der Waals surface area (Å²) in [6.45, 7) is 4.96. The van der Waals surface area contributed by atoms with Crippen LogP contribution in [0.1, 0.15) is 160 Å². The Labute approximate surface area is 686 Å². The molecular weight excluding hydrogens is 1580 g/mol. The van der Waals surface area contributed by atoms with Crippen molar-refractivity contribution >= 4 is 141 Å². The van der Waals surface area contributed by atoms with E-state index in [-0.39, 0.29) is 43.5 Å². The fourth-order valence-corrected chi connectivity index (χ4v) is 11.9. The van der Waals surface area contributed by atoms with E-state index in [1.54, 1.807) is 30.5 Å². The van der Waals surface area contributed by atoms with E-state index in [2.05, 4.69) is 66.7 Å². The van der Waals surface area contributed by atoms with Gasteiger partial charge < -0.3 is 128 Å². The van der Waals surface area contributed by atoms with Crippen LogP contribution in [0.15, 0.2) is 54.7 Å². The molecule has 120 heavy (non-hydrogen) atoms. The molecule has 2 aromatic carbocycles. The van der Waals surface area contributed by atoms with Gasteiger partial charge in [0, 0.05) is 47.6 Å². The maximum absolute atomic E-state index is 14.2. The summed E-state index contributed by atoms with van der Waals surface area (Å²) in [7, 11) is 0. The van der Waals surface area contributed by atoms with Crippen molar-refractivity contribution in [2.24, 2.45) is 29.0 Å². The molecule has 15 amide bonds. The summed E-state index contributed by atoms with van der Waals surface area (Å²) in [6.07, 6.45) is -1.82. The number of aromatic amines is 1. The minimum atomic E-state index is -2.14. The number of aliphatic carboxylic acids is 5. The molecule has 0 spiro atoms. The Bertz CT molecular complexity index is 4190. The lowest BCUT2D eigenvalue weighted by atomic mass is 9.95. The van der Waals surface area contributed by atoms with E-state index in [4.69, 9.17) is 22.9 Å². The summed E-state index contributed by atoms with van der Waals surface area (Å²) in [5.74, 6) is -28.9. The van der Waals surface area contributed by atoms with Gasteiger partial charge in [-0.3, -0.25) is 95.9 Å². The highest BCUT2D eigenvalue weighted by Gasteiger charge is 2.39. The molecule has 1 heterocycles. The number of nitrogens with two attached hydrogens (primary N) is 4. The lowest BCUT2D eigenvalue weighted by molar-refractivity contribution is -0.143. The number of para-hydroxylation sites is 2. The Hall–Kier alpha value is -13.2. The largest absolute Gasteiger partial charge is 0.481 e. The van der Waals surface area contributed by atoms with Gasteiger partial charge in [-0.2, -0.15) is 0 Å². The van der Waals surface area contributed by atoms with Gasteiger partial charge in [0.05, 0.1) is 57.7 Å². The molecule has 0 radical (unpaired) electrons. The highest BCUT2D eigenvalue weighted by molar-refractivity contribution is 6.05. The predicted octanol–water partition coefficient (Wildman–Crippen LogP) is -5.58. The first kappa shape index (κ1) is 101. The van der Waals surface area contributed by atoms with Gasteiger partial charge in [0.2, 0.25) is 88.6 Å². The normalized spacial score (nSPS) is 14.3. The number of aliphatic hydroxyl groups is 1. The maximum atomic E-state index is 14.2. The molecule has 0 aliphatic heterocycles. The number of carbonyl (C=O) groups excluding carboxylic acids is 16. The number of aliphatic hydroxyl groups excluding tert-OH is 1. The average Bonchev–Trinajstić information content (AvgIpc) is 1.65. The average molecular weight is 1690 g/mol. The van der Waals surface area contributed by atoms with Crippen LogP contribution in [0.2, 0.25) is 0 Å². The number of rotatable bonds is 57. The third-order valence-corrected chi connectivity index (χ3v) is 18.2. The van der Waals surface area contributed by atoms with Gasteiger partial charge in [0.1, 0.15) is 66.5 Å². The first-order valence-corrected chi connectivity index (χ1v) is 38.3. The molecule has 3 aromatic rings. The molecule has 1 unspecified atom stereocenters. The van der Waals surface area contributed by atoms with Crippen molar-refractivity contribution in [1.82, 2.24) is 74.1 Å². The van der Waals surface area contributed by atoms with Gasteiger partial charge in [-0.25, -0.2) is 4.79 Å². The molecular formula is C75H108N18O27. The van der Waals surface area contributed by atoms with Crippen LogP contribution in [0.5, 0.6) is 0 Å². The minimum absolute atomic E-state index is 0.0303.